The van der Waals surface area contributed by atoms with Crippen LogP contribution in [0.5, 0.6) is 0 Å². The van der Waals surface area contributed by atoms with E-state index in [0.717, 1.165) is 43.4 Å². The van der Waals surface area contributed by atoms with Gasteiger partial charge in [-0.1, -0.05) is 66.7 Å². The van der Waals surface area contributed by atoms with Crippen molar-refractivity contribution in [3.05, 3.63) is 46.7 Å². The molecule has 0 atom stereocenters. The molecule has 0 aromatic heterocycles. The molecule has 1 rings (SSSR count). The number of nitrogens with zero attached hydrogens (tertiary/aromatic N) is 1. The van der Waals surface area contributed by atoms with Gasteiger partial charge in [-0.2, -0.15) is 13.2 Å². The molecule has 0 heterocycles. The van der Waals surface area contributed by atoms with E-state index in [-0.39, 0.29) is 30.7 Å². The molecule has 37 heavy (non-hydrogen) atoms. The molecule has 1 fully saturated rings. The topological polar surface area (TPSA) is 50.7 Å². The molecule has 0 aliphatic heterocycles. The maximum Gasteiger partial charge on any atom is 0.416 e. The number of methoxy groups -OCH3 is 1. The summed E-state index contributed by atoms with van der Waals surface area (Å²) < 4.78 is 46.0. The standard InChI is InChI=1S/C26H39F3N2O2.2C2H6/c1-7-10-21(16-22(11-8-2)26(27,28)29)24(19(5)9-3)31-23(33-6)17-30-25(32)20-14-12-18(4)13-15-20;2*1-2/h7,10-11,16,18,20H,8-9,12-15,17H2,1-6H3,(H,30,32);2*1-2H3/b10-7-,21-16+,22-11-,24-19?,31-23?;;. The first-order chi connectivity index (χ1) is 17.6. The lowest BCUT2D eigenvalue weighted by atomic mass is 9.82. The third-order valence-corrected chi connectivity index (χ3v) is 5.89. The number of rotatable bonds is 9. The quantitative estimate of drug-likeness (QED) is 0.184. The Morgan fingerprint density at radius 2 is 1.65 bits per heavy atom. The molecule has 0 unspecified atom stereocenters. The zero-order valence-electron chi connectivity index (χ0n) is 24.8. The molecule has 0 radical (unpaired) electrons. The Labute approximate surface area is 224 Å². The highest BCUT2D eigenvalue weighted by Crippen LogP contribution is 2.31. The predicted molar refractivity (Wildman–Crippen MR) is 152 cm³/mol. The van der Waals surface area contributed by atoms with Gasteiger partial charge in [0.15, 0.2) is 0 Å². The number of carbonyl (C=O) groups is 1. The van der Waals surface area contributed by atoms with Gasteiger partial charge in [0.25, 0.3) is 0 Å². The molecule has 0 spiro atoms. The fraction of sp³-hybridized carbons (Fsp3) is 0.667. The molecular formula is C30H51F3N2O2. The summed E-state index contributed by atoms with van der Waals surface area (Å²) in [6.45, 7) is 17.5. The molecule has 0 bridgehead atoms. The SMILES string of the molecule is CC.CC.C\C=C/C(=C\C(=C\CC)C(F)(F)F)C(N=C(CNC(=O)C1CCC(C)CC1)OC)=C(C)CC. The Bertz CT molecular complexity index is 798. The molecular weight excluding hydrogens is 477 g/mol. The van der Waals surface area contributed by atoms with Crippen molar-refractivity contribution in [2.45, 2.75) is 107 Å². The molecule has 0 aromatic rings. The predicted octanol–water partition coefficient (Wildman–Crippen LogP) is 9.11. The number of alkyl halides is 3. The largest absolute Gasteiger partial charge is 0.483 e. The minimum absolute atomic E-state index is 0.0151. The van der Waals surface area contributed by atoms with Crippen LogP contribution in [0.1, 0.15) is 101 Å². The lowest BCUT2D eigenvalue weighted by Gasteiger charge is -2.25. The van der Waals surface area contributed by atoms with Gasteiger partial charge in [0.2, 0.25) is 11.8 Å². The molecule has 1 saturated carbocycles. The fourth-order valence-corrected chi connectivity index (χ4v) is 3.70. The molecule has 0 aromatic carbocycles. The minimum Gasteiger partial charge on any atom is -0.483 e. The average Bonchev–Trinajstić information content (AvgIpc) is 2.90. The van der Waals surface area contributed by atoms with Crippen molar-refractivity contribution < 1.29 is 22.7 Å². The highest BCUT2D eigenvalue weighted by Gasteiger charge is 2.32. The first-order valence-corrected chi connectivity index (χ1v) is 13.8. The van der Waals surface area contributed by atoms with Gasteiger partial charge in [0, 0.05) is 11.5 Å². The molecule has 1 aliphatic rings. The van der Waals surface area contributed by atoms with E-state index in [4.69, 9.17) is 4.74 Å². The number of amides is 1. The second-order valence-corrected chi connectivity index (χ2v) is 8.53. The van der Waals surface area contributed by atoms with Crippen molar-refractivity contribution in [3.63, 3.8) is 0 Å². The zero-order valence-corrected chi connectivity index (χ0v) is 24.8. The van der Waals surface area contributed by atoms with Crippen LogP contribution in [0.2, 0.25) is 0 Å². The van der Waals surface area contributed by atoms with Gasteiger partial charge in [0.1, 0.15) is 0 Å². The van der Waals surface area contributed by atoms with E-state index < -0.39 is 11.7 Å². The van der Waals surface area contributed by atoms with E-state index in [9.17, 15) is 18.0 Å². The van der Waals surface area contributed by atoms with Crippen LogP contribution in [-0.4, -0.2) is 31.6 Å². The van der Waals surface area contributed by atoms with Gasteiger partial charge >= 0.3 is 6.18 Å². The summed E-state index contributed by atoms with van der Waals surface area (Å²) in [5, 5.41) is 2.89. The monoisotopic (exact) mass is 528 g/mol. The average molecular weight is 529 g/mol. The number of halogens is 3. The van der Waals surface area contributed by atoms with Crippen molar-refractivity contribution in [1.82, 2.24) is 5.32 Å². The first-order valence-electron chi connectivity index (χ1n) is 13.8. The maximum atomic E-state index is 13.5. The first kappa shape index (κ1) is 36.8. The number of ether oxygens (including phenoxy) is 1. The van der Waals surface area contributed by atoms with Crippen LogP contribution in [0.3, 0.4) is 0 Å². The summed E-state index contributed by atoms with van der Waals surface area (Å²) in [6.07, 6.45) is 5.79. The number of hydrogen-bond acceptors (Lipinski definition) is 3. The normalized spacial score (nSPS) is 19.8. The van der Waals surface area contributed by atoms with E-state index in [1.165, 1.54) is 7.11 Å². The van der Waals surface area contributed by atoms with E-state index in [1.807, 2.05) is 41.5 Å². The van der Waals surface area contributed by atoms with Gasteiger partial charge in [-0.15, -0.1) is 0 Å². The summed E-state index contributed by atoms with van der Waals surface area (Å²) in [5.41, 5.74) is 0.864. The van der Waals surface area contributed by atoms with Crippen LogP contribution < -0.4 is 5.32 Å². The van der Waals surface area contributed by atoms with Gasteiger partial charge in [0.05, 0.1) is 24.9 Å². The van der Waals surface area contributed by atoms with Crippen LogP contribution in [0.15, 0.2) is 51.7 Å². The lowest BCUT2D eigenvalue weighted by Crippen LogP contribution is -2.36. The smallest absolute Gasteiger partial charge is 0.416 e. The molecule has 1 aliphatic carbocycles. The number of carbonyl (C=O) groups excluding carboxylic acids is 1. The molecule has 214 valence electrons. The van der Waals surface area contributed by atoms with Crippen molar-refractivity contribution in [2.24, 2.45) is 16.8 Å². The lowest BCUT2D eigenvalue weighted by molar-refractivity contribution is -0.125. The zero-order chi connectivity index (χ0) is 29.0. The molecule has 4 nitrogen and oxygen atoms in total. The Morgan fingerprint density at radius 3 is 2.08 bits per heavy atom. The van der Waals surface area contributed by atoms with Crippen LogP contribution in [-0.2, 0) is 9.53 Å². The number of hydrogen-bond donors (Lipinski definition) is 1. The van der Waals surface area contributed by atoms with E-state index in [1.54, 1.807) is 26.0 Å². The van der Waals surface area contributed by atoms with E-state index in [0.29, 0.717) is 23.6 Å². The summed E-state index contributed by atoms with van der Waals surface area (Å²) in [4.78, 5) is 17.1. The third kappa shape index (κ3) is 14.3. The fourth-order valence-electron chi connectivity index (χ4n) is 3.70. The molecule has 7 heteroatoms. The van der Waals surface area contributed by atoms with Gasteiger partial charge in [-0.25, -0.2) is 4.99 Å². The third-order valence-electron chi connectivity index (χ3n) is 5.89. The summed E-state index contributed by atoms with van der Waals surface area (Å²) in [7, 11) is 1.45. The van der Waals surface area contributed by atoms with Crippen molar-refractivity contribution in [1.29, 1.82) is 0 Å². The van der Waals surface area contributed by atoms with Crippen molar-refractivity contribution in [3.8, 4) is 0 Å². The highest BCUT2D eigenvalue weighted by atomic mass is 19.4. The Kier molecular flexibility index (Phi) is 20.6. The highest BCUT2D eigenvalue weighted by molar-refractivity contribution is 5.86. The number of aliphatic imine (C=N–C) groups is 1. The van der Waals surface area contributed by atoms with Gasteiger partial charge < -0.3 is 10.1 Å². The second kappa shape index (κ2) is 20.7. The molecule has 1 N–H and O–H groups in total. The van der Waals surface area contributed by atoms with Crippen LogP contribution >= 0.6 is 0 Å². The maximum absolute atomic E-state index is 13.5. The summed E-state index contributed by atoms with van der Waals surface area (Å²) >= 11 is 0. The Hall–Kier alpha value is -2.31. The van der Waals surface area contributed by atoms with E-state index in [2.05, 4.69) is 17.2 Å². The van der Waals surface area contributed by atoms with Crippen LogP contribution in [0.4, 0.5) is 13.2 Å². The van der Waals surface area contributed by atoms with Gasteiger partial charge in [-0.05, 0) is 69.9 Å². The number of nitrogens with one attached hydrogen (secondary N) is 1. The van der Waals surface area contributed by atoms with Crippen LogP contribution in [0.25, 0.3) is 0 Å². The van der Waals surface area contributed by atoms with Crippen molar-refractivity contribution in [2.75, 3.05) is 13.7 Å². The number of allylic oxidation sites excluding steroid dienone is 6. The van der Waals surface area contributed by atoms with Crippen LogP contribution in [0, 0.1) is 11.8 Å². The Morgan fingerprint density at radius 1 is 1.08 bits per heavy atom. The second-order valence-electron chi connectivity index (χ2n) is 8.53. The minimum atomic E-state index is -4.46. The van der Waals surface area contributed by atoms with E-state index >= 15 is 0 Å². The van der Waals surface area contributed by atoms with Gasteiger partial charge in [-0.3, -0.25) is 4.79 Å². The summed E-state index contributed by atoms with van der Waals surface area (Å²) in [6, 6.07) is 0. The Balaban J connectivity index is 0. The van der Waals surface area contributed by atoms with Crippen molar-refractivity contribution >= 4 is 11.8 Å². The summed E-state index contributed by atoms with van der Waals surface area (Å²) in [5.74, 6) is 0.853. The molecule has 0 saturated heterocycles. The molecule has 1 amide bonds.